The van der Waals surface area contributed by atoms with E-state index in [1.165, 1.54) is 11.1 Å². The first-order valence-electron chi connectivity index (χ1n) is 6.47. The summed E-state index contributed by atoms with van der Waals surface area (Å²) in [5, 5.41) is 0. The number of nitrogens with two attached hydrogens (primary N) is 1. The molecule has 0 saturated heterocycles. The Morgan fingerprint density at radius 1 is 1.26 bits per heavy atom. The molecule has 0 saturated carbocycles. The molecule has 1 aromatic carbocycles. The molecule has 0 aromatic heterocycles. The van der Waals surface area contributed by atoms with Crippen molar-refractivity contribution in [2.24, 2.45) is 5.73 Å². The first kappa shape index (κ1) is 16.0. The van der Waals surface area contributed by atoms with E-state index in [0.29, 0.717) is 6.54 Å². The average molecular weight is 266 g/mol. The number of anilines is 1. The number of hydrogen-bond acceptors (Lipinski definition) is 4. The number of hydrogen-bond donors (Lipinski definition) is 1. The van der Waals surface area contributed by atoms with Gasteiger partial charge in [0.1, 0.15) is 0 Å². The molecule has 1 aromatic rings. The Balaban J connectivity index is 3.17. The molecule has 0 fully saturated rings. The minimum absolute atomic E-state index is 0.386. The molecule has 4 heteroatoms. The predicted molar refractivity (Wildman–Crippen MR) is 79.6 cm³/mol. The number of aryl methyl sites for hydroxylation is 2. The number of rotatable bonds is 6. The summed E-state index contributed by atoms with van der Waals surface area (Å²) >= 11 is 0. The Morgan fingerprint density at radius 2 is 1.84 bits per heavy atom. The van der Waals surface area contributed by atoms with E-state index in [4.69, 9.17) is 15.2 Å². The maximum absolute atomic E-state index is 5.98. The van der Waals surface area contributed by atoms with E-state index in [1.54, 1.807) is 14.2 Å². The van der Waals surface area contributed by atoms with Crippen LogP contribution in [0.15, 0.2) is 18.2 Å². The topological polar surface area (TPSA) is 47.7 Å². The Kier molecular flexibility index (Phi) is 5.35. The van der Waals surface area contributed by atoms with Crippen LogP contribution in [0.3, 0.4) is 0 Å². The molecular weight excluding hydrogens is 240 g/mol. The minimum atomic E-state index is -0.427. The fraction of sp³-hybridized carbons (Fsp3) is 0.600. The van der Waals surface area contributed by atoms with Crippen LogP contribution in [0.1, 0.15) is 18.1 Å². The Morgan fingerprint density at radius 3 is 2.26 bits per heavy atom. The molecule has 0 bridgehead atoms. The zero-order valence-corrected chi connectivity index (χ0v) is 12.9. The molecule has 4 nitrogen and oxygen atoms in total. The summed E-state index contributed by atoms with van der Waals surface area (Å²) in [6.07, 6.45) is -0.386. The Hall–Kier alpha value is -1.10. The van der Waals surface area contributed by atoms with Gasteiger partial charge in [0.15, 0.2) is 6.29 Å². The molecule has 0 spiro atoms. The van der Waals surface area contributed by atoms with Crippen LogP contribution in [-0.4, -0.2) is 39.6 Å². The van der Waals surface area contributed by atoms with Gasteiger partial charge in [0, 0.05) is 33.5 Å². The smallest absolute Gasteiger partial charge is 0.180 e. The predicted octanol–water partition coefficient (Wildman–Crippen LogP) is 2.08. The molecule has 108 valence electrons. The molecule has 1 unspecified atom stereocenters. The third-order valence-corrected chi connectivity index (χ3v) is 3.83. The van der Waals surface area contributed by atoms with Gasteiger partial charge in [-0.2, -0.15) is 0 Å². The van der Waals surface area contributed by atoms with Crippen molar-refractivity contribution >= 4 is 5.69 Å². The number of nitrogens with zero attached hydrogens (tertiary/aromatic N) is 1. The van der Waals surface area contributed by atoms with E-state index in [2.05, 4.69) is 36.9 Å². The second-order valence-corrected chi connectivity index (χ2v) is 5.21. The summed E-state index contributed by atoms with van der Waals surface area (Å²) in [6.45, 7) is 6.67. The molecule has 0 radical (unpaired) electrons. The van der Waals surface area contributed by atoms with E-state index in [-0.39, 0.29) is 6.29 Å². The molecule has 0 amide bonds. The van der Waals surface area contributed by atoms with Crippen LogP contribution in [0.2, 0.25) is 0 Å². The zero-order valence-electron chi connectivity index (χ0n) is 12.9. The van der Waals surface area contributed by atoms with E-state index in [9.17, 15) is 0 Å². The van der Waals surface area contributed by atoms with Gasteiger partial charge in [-0.25, -0.2) is 0 Å². The van der Waals surface area contributed by atoms with Crippen molar-refractivity contribution in [3.05, 3.63) is 29.3 Å². The quantitative estimate of drug-likeness (QED) is 0.801. The highest BCUT2D eigenvalue weighted by atomic mass is 16.7. The lowest BCUT2D eigenvalue weighted by Crippen LogP contribution is -2.59. The zero-order chi connectivity index (χ0) is 14.6. The van der Waals surface area contributed by atoms with Crippen molar-refractivity contribution in [3.63, 3.8) is 0 Å². The lowest BCUT2D eigenvalue weighted by Gasteiger charge is -2.44. The highest BCUT2D eigenvalue weighted by Gasteiger charge is 2.38. The van der Waals surface area contributed by atoms with Crippen LogP contribution in [0.4, 0.5) is 5.69 Å². The largest absolute Gasteiger partial charge is 0.363 e. The van der Waals surface area contributed by atoms with E-state index in [1.807, 2.05) is 14.0 Å². The number of benzene rings is 1. The van der Waals surface area contributed by atoms with Crippen molar-refractivity contribution in [2.75, 3.05) is 32.7 Å². The number of ether oxygens (including phenoxy) is 2. The lowest BCUT2D eigenvalue weighted by molar-refractivity contribution is -0.140. The van der Waals surface area contributed by atoms with Crippen LogP contribution in [-0.2, 0) is 9.47 Å². The molecular formula is C15H26N2O2. The minimum Gasteiger partial charge on any atom is -0.363 e. The molecule has 2 N–H and O–H groups in total. The van der Waals surface area contributed by atoms with Gasteiger partial charge < -0.3 is 20.1 Å². The molecule has 0 aliphatic heterocycles. The fourth-order valence-electron chi connectivity index (χ4n) is 2.45. The van der Waals surface area contributed by atoms with Gasteiger partial charge in [0.05, 0.1) is 5.54 Å². The summed E-state index contributed by atoms with van der Waals surface area (Å²) in [5.74, 6) is 0. The average Bonchev–Trinajstić information content (AvgIpc) is 2.39. The number of likely N-dealkylation sites (N-methyl/N-ethyl adjacent to an activating group) is 1. The molecule has 0 heterocycles. The van der Waals surface area contributed by atoms with Crippen molar-refractivity contribution in [1.82, 2.24) is 0 Å². The summed E-state index contributed by atoms with van der Waals surface area (Å²) < 4.78 is 10.8. The molecule has 1 rings (SSSR count). The van der Waals surface area contributed by atoms with E-state index < -0.39 is 5.54 Å². The van der Waals surface area contributed by atoms with Crippen LogP contribution >= 0.6 is 0 Å². The third-order valence-electron chi connectivity index (χ3n) is 3.83. The van der Waals surface area contributed by atoms with Gasteiger partial charge in [0.2, 0.25) is 0 Å². The van der Waals surface area contributed by atoms with Crippen molar-refractivity contribution in [3.8, 4) is 0 Å². The summed E-state index contributed by atoms with van der Waals surface area (Å²) in [7, 11) is 5.30. The van der Waals surface area contributed by atoms with Crippen molar-refractivity contribution in [1.29, 1.82) is 0 Å². The van der Waals surface area contributed by atoms with Gasteiger partial charge >= 0.3 is 0 Å². The summed E-state index contributed by atoms with van der Waals surface area (Å²) in [4.78, 5) is 2.14. The second-order valence-electron chi connectivity index (χ2n) is 5.21. The van der Waals surface area contributed by atoms with Crippen LogP contribution in [0, 0.1) is 13.8 Å². The van der Waals surface area contributed by atoms with Gasteiger partial charge in [-0.05, 0) is 32.4 Å². The summed E-state index contributed by atoms with van der Waals surface area (Å²) in [6, 6.07) is 6.38. The van der Waals surface area contributed by atoms with Crippen LogP contribution in [0.5, 0.6) is 0 Å². The molecule has 0 aliphatic carbocycles. The molecule has 1 atom stereocenters. The monoisotopic (exact) mass is 266 g/mol. The van der Waals surface area contributed by atoms with Crippen LogP contribution in [0.25, 0.3) is 0 Å². The highest BCUT2D eigenvalue weighted by molar-refractivity contribution is 5.56. The van der Waals surface area contributed by atoms with Gasteiger partial charge in [-0.1, -0.05) is 17.7 Å². The van der Waals surface area contributed by atoms with Gasteiger partial charge in [-0.15, -0.1) is 0 Å². The first-order chi connectivity index (χ1) is 8.90. The normalized spacial score (nSPS) is 14.5. The maximum atomic E-state index is 5.98. The lowest BCUT2D eigenvalue weighted by atomic mass is 9.97. The molecule has 19 heavy (non-hydrogen) atoms. The van der Waals surface area contributed by atoms with Crippen LogP contribution < -0.4 is 10.6 Å². The Bertz CT molecular complexity index is 419. The van der Waals surface area contributed by atoms with Gasteiger partial charge in [0.25, 0.3) is 0 Å². The Labute approximate surface area is 116 Å². The van der Waals surface area contributed by atoms with Crippen molar-refractivity contribution < 1.29 is 9.47 Å². The molecule has 0 aliphatic rings. The maximum Gasteiger partial charge on any atom is 0.180 e. The first-order valence-corrected chi connectivity index (χ1v) is 6.47. The third kappa shape index (κ3) is 3.08. The second kappa shape index (κ2) is 6.37. The standard InChI is InChI=1S/C15H26N2O2/c1-11-7-8-13(12(2)9-11)17(4)15(3,10-16)14(18-5)19-6/h7-9,14H,10,16H2,1-6H3. The van der Waals surface area contributed by atoms with Crippen molar-refractivity contribution in [2.45, 2.75) is 32.6 Å². The highest BCUT2D eigenvalue weighted by Crippen LogP contribution is 2.29. The summed E-state index contributed by atoms with van der Waals surface area (Å²) in [5.41, 5.74) is 9.15. The van der Waals surface area contributed by atoms with E-state index >= 15 is 0 Å². The number of methoxy groups -OCH3 is 2. The van der Waals surface area contributed by atoms with E-state index in [0.717, 1.165) is 5.69 Å². The fourth-order valence-corrected chi connectivity index (χ4v) is 2.45. The van der Waals surface area contributed by atoms with Gasteiger partial charge in [-0.3, -0.25) is 0 Å². The SMILES string of the molecule is COC(OC)C(C)(CN)N(C)c1ccc(C)cc1C.